The fraction of sp³-hybridized carbons (Fsp3) is 0.467. The van der Waals surface area contributed by atoms with Crippen molar-refractivity contribution >= 4 is 22.8 Å². The lowest BCUT2D eigenvalue weighted by atomic mass is 10.1. The SMILES string of the molecule is CCC.CSC(=NCc1ccccc1C(F)(F)F)NC(C)=O. The quantitative estimate of drug-likeness (QED) is 0.640. The lowest BCUT2D eigenvalue weighted by molar-refractivity contribution is -0.138. The minimum atomic E-state index is -4.40. The van der Waals surface area contributed by atoms with Gasteiger partial charge in [0, 0.05) is 6.92 Å². The van der Waals surface area contributed by atoms with Gasteiger partial charge in [-0.05, 0) is 17.9 Å². The highest BCUT2D eigenvalue weighted by molar-refractivity contribution is 8.13. The maximum atomic E-state index is 12.7. The second kappa shape index (κ2) is 10.3. The molecule has 0 aliphatic heterocycles. The van der Waals surface area contributed by atoms with E-state index in [-0.39, 0.29) is 18.0 Å². The van der Waals surface area contributed by atoms with Gasteiger partial charge in [0.1, 0.15) is 0 Å². The first-order valence-corrected chi connectivity index (χ1v) is 7.99. The Morgan fingerprint density at radius 2 is 1.82 bits per heavy atom. The van der Waals surface area contributed by atoms with Crippen molar-refractivity contribution in [3.05, 3.63) is 35.4 Å². The van der Waals surface area contributed by atoms with Crippen molar-refractivity contribution < 1.29 is 18.0 Å². The zero-order chi connectivity index (χ0) is 17.2. The summed E-state index contributed by atoms with van der Waals surface area (Å²) in [5.41, 5.74) is -0.631. The molecule has 1 rings (SSSR count). The molecule has 0 aliphatic carbocycles. The number of thioether (sulfide) groups is 1. The molecule has 0 saturated heterocycles. The largest absolute Gasteiger partial charge is 0.416 e. The molecule has 7 heteroatoms. The van der Waals surface area contributed by atoms with Gasteiger partial charge >= 0.3 is 6.18 Å². The third kappa shape index (κ3) is 8.07. The Balaban J connectivity index is 0.00000135. The molecule has 0 fully saturated rings. The molecule has 0 spiro atoms. The van der Waals surface area contributed by atoms with Gasteiger partial charge in [0.15, 0.2) is 5.17 Å². The molecule has 1 amide bonds. The minimum absolute atomic E-state index is 0.0758. The fourth-order valence-electron chi connectivity index (χ4n) is 1.40. The summed E-state index contributed by atoms with van der Waals surface area (Å²) < 4.78 is 38.2. The Hall–Kier alpha value is -1.50. The molecule has 0 radical (unpaired) electrons. The summed E-state index contributed by atoms with van der Waals surface area (Å²) in [7, 11) is 0. The van der Waals surface area contributed by atoms with Crippen LogP contribution in [0.2, 0.25) is 0 Å². The number of halogens is 3. The van der Waals surface area contributed by atoms with E-state index in [1.54, 1.807) is 6.26 Å². The van der Waals surface area contributed by atoms with Crippen molar-refractivity contribution in [3.63, 3.8) is 0 Å². The van der Waals surface area contributed by atoms with Crippen LogP contribution in [-0.2, 0) is 17.5 Å². The number of rotatable bonds is 2. The second-order valence-corrected chi connectivity index (χ2v) is 5.16. The molecular formula is C15H21F3N2OS. The number of benzene rings is 1. The molecular weight excluding hydrogens is 313 g/mol. The van der Waals surface area contributed by atoms with Crippen LogP contribution >= 0.6 is 11.8 Å². The van der Waals surface area contributed by atoms with E-state index in [1.165, 1.54) is 43.3 Å². The van der Waals surface area contributed by atoms with Crippen LogP contribution in [-0.4, -0.2) is 17.3 Å². The first-order chi connectivity index (χ1) is 10.3. The molecule has 124 valence electrons. The highest BCUT2D eigenvalue weighted by Gasteiger charge is 2.32. The van der Waals surface area contributed by atoms with Crippen LogP contribution in [0.3, 0.4) is 0 Å². The number of nitrogens with one attached hydrogen (secondary N) is 1. The Labute approximate surface area is 133 Å². The van der Waals surface area contributed by atoms with Crippen LogP contribution in [0.25, 0.3) is 0 Å². The number of amidine groups is 1. The van der Waals surface area contributed by atoms with E-state index >= 15 is 0 Å². The molecule has 22 heavy (non-hydrogen) atoms. The van der Waals surface area contributed by atoms with Crippen LogP contribution < -0.4 is 5.32 Å². The summed E-state index contributed by atoms with van der Waals surface area (Å²) in [5.74, 6) is -0.308. The Morgan fingerprint density at radius 1 is 1.27 bits per heavy atom. The standard InChI is InChI=1S/C12H13F3N2OS.C3H8/c1-8(18)17-11(19-2)16-7-9-5-3-4-6-10(9)12(13,14)15;1-3-2/h3-6H,7H2,1-2H3,(H,16,17,18);3H2,1-2H3. The van der Waals surface area contributed by atoms with Gasteiger partial charge < -0.3 is 5.32 Å². The summed E-state index contributed by atoms with van der Waals surface area (Å²) in [5, 5.41) is 2.75. The van der Waals surface area contributed by atoms with E-state index in [0.29, 0.717) is 5.17 Å². The van der Waals surface area contributed by atoms with Crippen LogP contribution in [0, 0.1) is 0 Å². The van der Waals surface area contributed by atoms with Crippen molar-refractivity contribution in [3.8, 4) is 0 Å². The molecule has 1 aromatic carbocycles. The van der Waals surface area contributed by atoms with E-state index < -0.39 is 11.7 Å². The number of carbonyl (C=O) groups is 1. The molecule has 1 aromatic rings. The number of aliphatic imine (C=N–C) groups is 1. The number of hydrogen-bond donors (Lipinski definition) is 1. The van der Waals surface area contributed by atoms with Gasteiger partial charge in [-0.1, -0.05) is 50.2 Å². The molecule has 1 N–H and O–H groups in total. The van der Waals surface area contributed by atoms with Crippen molar-refractivity contribution in [2.45, 2.75) is 39.9 Å². The van der Waals surface area contributed by atoms with E-state index in [0.717, 1.165) is 6.07 Å². The number of hydrogen-bond acceptors (Lipinski definition) is 3. The molecule has 3 nitrogen and oxygen atoms in total. The van der Waals surface area contributed by atoms with Gasteiger partial charge in [0.2, 0.25) is 5.91 Å². The number of alkyl halides is 3. The average molecular weight is 334 g/mol. The number of carbonyl (C=O) groups excluding carboxylic acids is 1. The summed E-state index contributed by atoms with van der Waals surface area (Å²) in [6.07, 6.45) is -1.47. The number of amides is 1. The predicted molar refractivity (Wildman–Crippen MR) is 85.9 cm³/mol. The fourth-order valence-corrected chi connectivity index (χ4v) is 1.84. The van der Waals surface area contributed by atoms with Crippen LogP contribution in [0.15, 0.2) is 29.3 Å². The Kier molecular flexibility index (Phi) is 9.56. The van der Waals surface area contributed by atoms with E-state index in [2.05, 4.69) is 24.2 Å². The van der Waals surface area contributed by atoms with Crippen LogP contribution in [0.1, 0.15) is 38.3 Å². The second-order valence-electron chi connectivity index (χ2n) is 4.37. The van der Waals surface area contributed by atoms with Crippen LogP contribution in [0.4, 0.5) is 13.2 Å². The summed E-state index contributed by atoms with van der Waals surface area (Å²) in [6.45, 7) is 5.43. The predicted octanol–water partition coefficient (Wildman–Crippen LogP) is 4.48. The van der Waals surface area contributed by atoms with Gasteiger partial charge in [-0.3, -0.25) is 9.79 Å². The lowest BCUT2D eigenvalue weighted by Gasteiger charge is -2.11. The summed E-state index contributed by atoms with van der Waals surface area (Å²) >= 11 is 1.17. The lowest BCUT2D eigenvalue weighted by Crippen LogP contribution is -2.25. The zero-order valence-corrected chi connectivity index (χ0v) is 13.9. The maximum absolute atomic E-state index is 12.7. The highest BCUT2D eigenvalue weighted by Crippen LogP contribution is 2.32. The monoisotopic (exact) mass is 334 g/mol. The first-order valence-electron chi connectivity index (χ1n) is 6.77. The van der Waals surface area contributed by atoms with Crippen molar-refractivity contribution in [2.75, 3.05) is 6.26 Å². The normalized spacial score (nSPS) is 11.5. The van der Waals surface area contributed by atoms with E-state index in [9.17, 15) is 18.0 Å². The molecule has 0 aromatic heterocycles. The minimum Gasteiger partial charge on any atom is -0.306 e. The zero-order valence-electron chi connectivity index (χ0n) is 13.1. The molecule has 0 heterocycles. The molecule has 0 atom stereocenters. The molecule has 0 unspecified atom stereocenters. The summed E-state index contributed by atoms with van der Waals surface area (Å²) in [6, 6.07) is 5.25. The molecule has 0 saturated carbocycles. The van der Waals surface area contributed by atoms with Crippen molar-refractivity contribution in [2.24, 2.45) is 4.99 Å². The van der Waals surface area contributed by atoms with Gasteiger partial charge in [-0.15, -0.1) is 0 Å². The molecule has 0 aliphatic rings. The first kappa shape index (κ1) is 20.5. The van der Waals surface area contributed by atoms with Gasteiger partial charge in [-0.2, -0.15) is 13.2 Å². The Bertz CT molecular complexity index is 502. The Morgan fingerprint density at radius 3 is 2.27 bits per heavy atom. The average Bonchev–Trinajstić information content (AvgIpc) is 2.43. The third-order valence-electron chi connectivity index (χ3n) is 2.19. The third-order valence-corrected chi connectivity index (χ3v) is 2.81. The van der Waals surface area contributed by atoms with Gasteiger partial charge in [0.05, 0.1) is 12.1 Å². The van der Waals surface area contributed by atoms with E-state index in [1.807, 2.05) is 0 Å². The van der Waals surface area contributed by atoms with Crippen LogP contribution in [0.5, 0.6) is 0 Å². The number of nitrogens with zero attached hydrogens (tertiary/aromatic N) is 1. The van der Waals surface area contributed by atoms with Crippen molar-refractivity contribution in [1.82, 2.24) is 5.32 Å². The smallest absolute Gasteiger partial charge is 0.306 e. The van der Waals surface area contributed by atoms with Crippen molar-refractivity contribution in [1.29, 1.82) is 0 Å². The molecule has 0 bridgehead atoms. The highest BCUT2D eigenvalue weighted by atomic mass is 32.2. The van der Waals surface area contributed by atoms with E-state index in [4.69, 9.17) is 0 Å². The van der Waals surface area contributed by atoms with Gasteiger partial charge in [0.25, 0.3) is 0 Å². The summed E-state index contributed by atoms with van der Waals surface area (Å²) in [4.78, 5) is 14.8. The van der Waals surface area contributed by atoms with Gasteiger partial charge in [-0.25, -0.2) is 0 Å². The maximum Gasteiger partial charge on any atom is 0.416 e. The topological polar surface area (TPSA) is 41.5 Å².